The molecule has 1 aliphatic carbocycles. The zero-order valence-corrected chi connectivity index (χ0v) is 16.9. The van der Waals surface area contributed by atoms with Crippen molar-refractivity contribution < 1.29 is 18.0 Å². The molecule has 1 aliphatic heterocycles. The van der Waals surface area contributed by atoms with Gasteiger partial charge in [-0.25, -0.2) is 4.98 Å². The minimum atomic E-state index is -4.30. The molecule has 0 spiro atoms. The van der Waals surface area contributed by atoms with Gasteiger partial charge in [0.2, 0.25) is 5.91 Å². The smallest absolute Gasteiger partial charge is 0.361 e. The number of alkyl halides is 3. The number of benzene rings is 1. The van der Waals surface area contributed by atoms with Crippen molar-refractivity contribution in [3.05, 3.63) is 76.0 Å². The fourth-order valence-electron chi connectivity index (χ4n) is 3.42. The van der Waals surface area contributed by atoms with Gasteiger partial charge in [0.15, 0.2) is 5.13 Å². The molecule has 1 aromatic heterocycles. The van der Waals surface area contributed by atoms with Crippen molar-refractivity contribution in [2.75, 3.05) is 11.9 Å². The second-order valence-electron chi connectivity index (χ2n) is 7.19. The van der Waals surface area contributed by atoms with Crippen molar-refractivity contribution in [1.82, 2.24) is 10.3 Å². The highest BCUT2D eigenvalue weighted by Gasteiger charge is 2.29. The number of amides is 1. The lowest BCUT2D eigenvalue weighted by Crippen LogP contribution is -2.13. The quantitative estimate of drug-likeness (QED) is 0.609. The fraction of sp³-hybridized carbons (Fsp3) is 0.273. The second-order valence-corrected chi connectivity index (χ2v) is 8.23. The van der Waals surface area contributed by atoms with Crippen LogP contribution in [-0.4, -0.2) is 17.4 Å². The summed E-state index contributed by atoms with van der Waals surface area (Å²) in [6.07, 6.45) is 6.24. The maximum atomic E-state index is 12.6. The van der Waals surface area contributed by atoms with E-state index in [4.69, 9.17) is 0 Å². The Balaban J connectivity index is 1.30. The molecule has 30 heavy (non-hydrogen) atoms. The molecule has 4 nitrogen and oxygen atoms in total. The first-order chi connectivity index (χ1) is 14.4. The summed E-state index contributed by atoms with van der Waals surface area (Å²) >= 11 is 1.56. The lowest BCUT2D eigenvalue weighted by atomic mass is 10.1. The molecule has 2 N–H and O–H groups in total. The lowest BCUT2D eigenvalue weighted by Gasteiger charge is -2.08. The van der Waals surface area contributed by atoms with E-state index in [-0.39, 0.29) is 5.91 Å². The van der Waals surface area contributed by atoms with Crippen molar-refractivity contribution >= 4 is 27.9 Å². The molecule has 0 unspecified atom stereocenters. The molecule has 2 aliphatic rings. The van der Waals surface area contributed by atoms with Crippen LogP contribution >= 0.6 is 11.3 Å². The Hall–Kier alpha value is -2.87. The van der Waals surface area contributed by atoms with E-state index >= 15 is 0 Å². The first-order valence-corrected chi connectivity index (χ1v) is 10.5. The van der Waals surface area contributed by atoms with Crippen LogP contribution in [0.3, 0.4) is 0 Å². The summed E-state index contributed by atoms with van der Waals surface area (Å²) in [5.74, 6) is 0.0156. The Kier molecular flexibility index (Phi) is 5.76. The van der Waals surface area contributed by atoms with Crippen LogP contribution < -0.4 is 10.6 Å². The Bertz CT molecular complexity index is 1030. The van der Waals surface area contributed by atoms with Crippen molar-refractivity contribution in [2.24, 2.45) is 0 Å². The minimum Gasteiger partial charge on any atom is -0.361 e. The number of rotatable bonds is 6. The van der Waals surface area contributed by atoms with E-state index in [9.17, 15) is 18.0 Å². The molecule has 156 valence electrons. The summed E-state index contributed by atoms with van der Waals surface area (Å²) in [6, 6.07) is 5.31. The zero-order chi connectivity index (χ0) is 21.1. The predicted octanol–water partition coefficient (Wildman–Crippen LogP) is 5.32. The summed E-state index contributed by atoms with van der Waals surface area (Å²) in [4.78, 5) is 17.1. The van der Waals surface area contributed by atoms with Crippen LogP contribution in [0.25, 0.3) is 5.57 Å². The van der Waals surface area contributed by atoms with Crippen LogP contribution in [0.1, 0.15) is 35.3 Å². The molecule has 1 aromatic carbocycles. The molecule has 4 rings (SSSR count). The monoisotopic (exact) mass is 431 g/mol. The largest absolute Gasteiger partial charge is 0.416 e. The number of hydrogen-bond donors (Lipinski definition) is 2. The fourth-order valence-corrected chi connectivity index (χ4v) is 4.28. The third-order valence-electron chi connectivity index (χ3n) is 4.96. The minimum absolute atomic E-state index is 0.0156. The Morgan fingerprint density at radius 2 is 2.00 bits per heavy atom. The number of hydrogen-bond acceptors (Lipinski definition) is 4. The van der Waals surface area contributed by atoms with Crippen LogP contribution in [0.5, 0.6) is 0 Å². The second kappa shape index (κ2) is 8.47. The molecular weight excluding hydrogens is 411 g/mol. The standard InChI is InChI=1S/C22H20F3N3OS/c23-22(24,25)17-8-6-14(7-9-17)3-2-10-26-21-27-13-19(30-21)15-4-1-5-18-16(11-15)12-20(29)28-18/h1,5-9,11,13H,2-4,10,12H2,(H,26,27)(H,28,29). The van der Waals surface area contributed by atoms with E-state index < -0.39 is 11.7 Å². The normalized spacial score (nSPS) is 16.2. The van der Waals surface area contributed by atoms with Gasteiger partial charge in [-0.3, -0.25) is 4.79 Å². The van der Waals surface area contributed by atoms with Crippen molar-refractivity contribution in [3.8, 4) is 0 Å². The Morgan fingerprint density at radius 3 is 2.77 bits per heavy atom. The van der Waals surface area contributed by atoms with E-state index in [1.165, 1.54) is 12.1 Å². The maximum absolute atomic E-state index is 12.6. The summed E-state index contributed by atoms with van der Waals surface area (Å²) in [7, 11) is 0. The highest BCUT2D eigenvalue weighted by Crippen LogP contribution is 2.33. The van der Waals surface area contributed by atoms with E-state index in [2.05, 4.69) is 21.7 Å². The number of nitrogens with zero attached hydrogens (tertiary/aromatic N) is 1. The Morgan fingerprint density at radius 1 is 1.20 bits per heavy atom. The molecule has 0 fully saturated rings. The van der Waals surface area contributed by atoms with Gasteiger partial charge in [-0.1, -0.05) is 35.6 Å². The summed E-state index contributed by atoms with van der Waals surface area (Å²) in [6.45, 7) is 0.681. The number of allylic oxidation sites excluding steroid dienone is 4. The van der Waals surface area contributed by atoms with Crippen molar-refractivity contribution in [2.45, 2.75) is 31.9 Å². The van der Waals surface area contributed by atoms with E-state index in [1.54, 1.807) is 11.3 Å². The topological polar surface area (TPSA) is 54.0 Å². The number of aryl methyl sites for hydroxylation is 1. The van der Waals surface area contributed by atoms with Crippen LogP contribution in [0, 0.1) is 0 Å². The van der Waals surface area contributed by atoms with Gasteiger partial charge in [0.1, 0.15) is 0 Å². The summed E-state index contributed by atoms with van der Waals surface area (Å²) in [5.41, 5.74) is 3.26. The molecular formula is C22H20F3N3OS. The van der Waals surface area contributed by atoms with Crippen molar-refractivity contribution in [3.63, 3.8) is 0 Å². The van der Waals surface area contributed by atoms with Crippen LogP contribution in [0.4, 0.5) is 18.3 Å². The van der Waals surface area contributed by atoms with Crippen LogP contribution in [-0.2, 0) is 17.4 Å². The number of carbonyl (C=O) groups excluding carboxylic acids is 1. The SMILES string of the molecule is O=C1CC2=C(C=CCC(c3cnc(NCCCc4ccc(C(F)(F)F)cc4)s3)=C2)N1. The third kappa shape index (κ3) is 4.81. The van der Waals surface area contributed by atoms with Crippen LogP contribution in [0.15, 0.2) is 60.0 Å². The van der Waals surface area contributed by atoms with Gasteiger partial charge in [0.25, 0.3) is 0 Å². The van der Waals surface area contributed by atoms with E-state index in [0.717, 1.165) is 57.4 Å². The molecule has 0 bridgehead atoms. The number of nitrogens with one attached hydrogen (secondary N) is 2. The molecule has 0 atom stereocenters. The first kappa shape index (κ1) is 20.4. The van der Waals surface area contributed by atoms with Gasteiger partial charge >= 0.3 is 6.18 Å². The highest BCUT2D eigenvalue weighted by molar-refractivity contribution is 7.16. The lowest BCUT2D eigenvalue weighted by molar-refractivity contribution is -0.137. The van der Waals surface area contributed by atoms with Gasteiger partial charge in [0, 0.05) is 18.4 Å². The van der Waals surface area contributed by atoms with Gasteiger partial charge in [-0.05, 0) is 54.2 Å². The van der Waals surface area contributed by atoms with Gasteiger partial charge in [-0.2, -0.15) is 13.2 Å². The zero-order valence-electron chi connectivity index (χ0n) is 16.1. The molecule has 8 heteroatoms. The number of thiazole rings is 1. The summed E-state index contributed by atoms with van der Waals surface area (Å²) in [5, 5.41) is 6.95. The van der Waals surface area contributed by atoms with Crippen molar-refractivity contribution in [1.29, 1.82) is 0 Å². The van der Waals surface area contributed by atoms with Gasteiger partial charge in [-0.15, -0.1) is 0 Å². The van der Waals surface area contributed by atoms with E-state index in [0.29, 0.717) is 19.4 Å². The molecule has 0 saturated heterocycles. The third-order valence-corrected chi connectivity index (χ3v) is 5.99. The molecule has 2 aromatic rings. The summed E-state index contributed by atoms with van der Waals surface area (Å²) < 4.78 is 37.8. The van der Waals surface area contributed by atoms with Gasteiger partial charge in [0.05, 0.1) is 16.9 Å². The number of halogens is 3. The highest BCUT2D eigenvalue weighted by atomic mass is 32.1. The maximum Gasteiger partial charge on any atom is 0.416 e. The number of carbonyl (C=O) groups is 1. The van der Waals surface area contributed by atoms with Crippen LogP contribution in [0.2, 0.25) is 0 Å². The molecule has 0 radical (unpaired) electrons. The average molecular weight is 431 g/mol. The molecule has 2 heterocycles. The number of anilines is 1. The Labute approximate surface area is 176 Å². The number of aromatic nitrogens is 1. The van der Waals surface area contributed by atoms with Gasteiger partial charge < -0.3 is 10.6 Å². The molecule has 0 saturated carbocycles. The van der Waals surface area contributed by atoms with E-state index in [1.807, 2.05) is 18.3 Å². The average Bonchev–Trinajstić information content (AvgIpc) is 3.26. The molecule has 1 amide bonds. The first-order valence-electron chi connectivity index (χ1n) is 9.65. The predicted molar refractivity (Wildman–Crippen MR) is 112 cm³/mol.